The first-order valence-corrected chi connectivity index (χ1v) is 11.8. The molecule has 0 bridgehead atoms. The molecular formula is C19H27NO14S. The highest BCUT2D eigenvalue weighted by molar-refractivity contribution is 7.90. The predicted octanol–water partition coefficient (Wildman–Crippen LogP) is -5.28. The second-order valence-corrected chi connectivity index (χ2v) is 9.61. The van der Waals surface area contributed by atoms with E-state index in [9.17, 15) is 49.0 Å². The molecular weight excluding hydrogens is 498 g/mol. The van der Waals surface area contributed by atoms with Crippen molar-refractivity contribution in [2.24, 2.45) is 0 Å². The van der Waals surface area contributed by atoms with Gasteiger partial charge in [-0.05, 0) is 12.1 Å². The normalized spacial score (nSPS) is 40.3. The topological polar surface area (TPSA) is 253 Å². The Morgan fingerprint density at radius 2 is 1.46 bits per heavy atom. The predicted molar refractivity (Wildman–Crippen MR) is 110 cm³/mol. The molecule has 198 valence electrons. The summed E-state index contributed by atoms with van der Waals surface area (Å²) in [6.45, 7) is -1.35. The quantitative estimate of drug-likeness (QED) is 0.178. The van der Waals surface area contributed by atoms with Crippen LogP contribution in [0, 0.1) is 0 Å². The fraction of sp³-hybridized carbons (Fsp3) is 0.632. The van der Waals surface area contributed by atoms with E-state index in [4.69, 9.17) is 19.3 Å². The van der Waals surface area contributed by atoms with E-state index in [1.807, 2.05) is 4.72 Å². The molecule has 1 aromatic carbocycles. The number of benzene rings is 1. The maximum atomic E-state index is 11.1. The van der Waals surface area contributed by atoms with Gasteiger partial charge in [-0.3, -0.25) is 4.79 Å². The van der Waals surface area contributed by atoms with Crippen LogP contribution in [0.5, 0.6) is 0 Å². The number of fused-ring (bicyclic) bond motifs is 1. The number of carbonyl (C=O) groups excluding carboxylic acids is 1. The van der Waals surface area contributed by atoms with Crippen LogP contribution in [0.3, 0.4) is 0 Å². The van der Waals surface area contributed by atoms with Crippen molar-refractivity contribution in [2.75, 3.05) is 13.2 Å². The summed E-state index contributed by atoms with van der Waals surface area (Å²) in [5, 5.41) is 76.5. The van der Waals surface area contributed by atoms with E-state index >= 15 is 0 Å². The van der Waals surface area contributed by atoms with Crippen LogP contribution >= 0.6 is 0 Å². The third-order valence-corrected chi connectivity index (χ3v) is 7.02. The second kappa shape index (κ2) is 11.1. The Labute approximate surface area is 198 Å². The highest BCUT2D eigenvalue weighted by Gasteiger charge is 2.50. The van der Waals surface area contributed by atoms with Crippen molar-refractivity contribution in [3.05, 3.63) is 29.8 Å². The summed E-state index contributed by atoms with van der Waals surface area (Å²) in [5.41, 5.74) is 0.220. The summed E-state index contributed by atoms with van der Waals surface area (Å²) in [5.74, 6) is -0.550. The van der Waals surface area contributed by atoms with Crippen molar-refractivity contribution in [3.63, 3.8) is 0 Å². The van der Waals surface area contributed by atoms with E-state index in [1.165, 1.54) is 12.1 Å². The van der Waals surface area contributed by atoms with E-state index in [0.717, 1.165) is 0 Å². The van der Waals surface area contributed by atoms with Gasteiger partial charge in [-0.15, -0.1) is 0 Å². The molecule has 0 unspecified atom stereocenters. The van der Waals surface area contributed by atoms with Gasteiger partial charge in [0.25, 0.3) is 15.9 Å². The highest BCUT2D eigenvalue weighted by Crippen LogP contribution is 2.28. The number of amides is 1. The number of nitrogens with one attached hydrogen (secondary N) is 1. The smallest absolute Gasteiger partial charge is 0.266 e. The van der Waals surface area contributed by atoms with E-state index in [1.54, 1.807) is 12.1 Å². The number of hydrogen-bond donors (Lipinski definition) is 9. The van der Waals surface area contributed by atoms with Gasteiger partial charge in [0.1, 0.15) is 53.7 Å². The van der Waals surface area contributed by atoms with Gasteiger partial charge < -0.3 is 55.1 Å². The lowest BCUT2D eigenvalue weighted by molar-refractivity contribution is -0.355. The minimum atomic E-state index is -3.55. The Hall–Kier alpha value is -1.80. The zero-order chi connectivity index (χ0) is 26.1. The van der Waals surface area contributed by atoms with Crippen molar-refractivity contribution in [3.8, 4) is 0 Å². The van der Waals surface area contributed by atoms with Gasteiger partial charge in [0.05, 0.1) is 18.8 Å². The van der Waals surface area contributed by atoms with Crippen LogP contribution in [0.1, 0.15) is 10.4 Å². The average Bonchev–Trinajstić information content (AvgIpc) is 3.07. The molecule has 35 heavy (non-hydrogen) atoms. The van der Waals surface area contributed by atoms with Gasteiger partial charge in [0, 0.05) is 0 Å². The lowest BCUT2D eigenvalue weighted by Gasteiger charge is -2.45. The molecule has 16 heteroatoms. The molecule has 1 amide bonds. The standard InChI is InChI=1S/C12H22O11.C7H5NO3S/c13-1-3-5(15)6(16)9(19)12(22-3)23-10-4(2-14)21-11(20)8(18)7(10)17;9-7-5-3-1-2-4-6(5)12(10,11)8-7/h3-20H,1-2H2;1-4H,(H,8,9)/t3-,4-,5+,6+,7-,8-,9-,10-,11+,12+;/m1./s1. The van der Waals surface area contributed by atoms with Crippen LogP contribution in [0.15, 0.2) is 29.2 Å². The number of rotatable bonds is 4. The molecule has 0 spiro atoms. The van der Waals surface area contributed by atoms with Gasteiger partial charge in [-0.25, -0.2) is 13.1 Å². The SMILES string of the molecule is O=C1NS(=O)(=O)c2ccccc21.OC[C@H]1O[C@@H](O[C@H]2[C@H](O)[C@@H](O)[C@@H](O)O[C@@H]2CO)[C@H](O)[C@@H](O)[C@H]1O. The van der Waals surface area contributed by atoms with Crippen molar-refractivity contribution < 1.29 is 68.3 Å². The summed E-state index contributed by atoms with van der Waals surface area (Å²) >= 11 is 0. The largest absolute Gasteiger partial charge is 0.394 e. The summed E-state index contributed by atoms with van der Waals surface area (Å²) in [6.07, 6.45) is -15.6. The molecule has 15 nitrogen and oxygen atoms in total. The third-order valence-electron chi connectivity index (χ3n) is 5.63. The summed E-state index contributed by atoms with van der Waals surface area (Å²) in [4.78, 5) is 11.1. The zero-order valence-corrected chi connectivity index (χ0v) is 18.7. The van der Waals surface area contributed by atoms with Crippen molar-refractivity contribution >= 4 is 15.9 Å². The Balaban J connectivity index is 0.000000237. The monoisotopic (exact) mass is 525 g/mol. The third kappa shape index (κ3) is 5.63. The first kappa shape index (κ1) is 27.8. The Bertz CT molecular complexity index is 988. The lowest BCUT2D eigenvalue weighted by Crippen LogP contribution is -2.64. The van der Waals surface area contributed by atoms with Crippen LogP contribution in [-0.4, -0.2) is 130 Å². The molecule has 3 heterocycles. The Morgan fingerprint density at radius 1 is 0.829 bits per heavy atom. The Kier molecular flexibility index (Phi) is 8.79. The summed E-state index contributed by atoms with van der Waals surface area (Å²) in [6, 6.07) is 6.09. The molecule has 2 fully saturated rings. The number of hydrogen-bond acceptors (Lipinski definition) is 14. The summed E-state index contributed by atoms with van der Waals surface area (Å²) in [7, 11) is -3.55. The van der Waals surface area contributed by atoms with Crippen LogP contribution in [-0.2, 0) is 24.2 Å². The second-order valence-electron chi connectivity index (χ2n) is 7.96. The maximum Gasteiger partial charge on any atom is 0.266 e. The van der Waals surface area contributed by atoms with Crippen LogP contribution in [0.25, 0.3) is 0 Å². The zero-order valence-electron chi connectivity index (χ0n) is 17.9. The molecule has 1 aromatic rings. The molecule has 0 aliphatic carbocycles. The molecule has 10 atom stereocenters. The molecule has 0 radical (unpaired) electrons. The van der Waals surface area contributed by atoms with E-state index in [2.05, 4.69) is 0 Å². The molecule has 3 aliphatic heterocycles. The van der Waals surface area contributed by atoms with Crippen molar-refractivity contribution in [2.45, 2.75) is 66.3 Å². The number of aliphatic hydroxyl groups excluding tert-OH is 8. The first-order chi connectivity index (χ1) is 16.4. The molecule has 0 saturated carbocycles. The van der Waals surface area contributed by atoms with Gasteiger partial charge in [-0.1, -0.05) is 12.1 Å². The van der Waals surface area contributed by atoms with E-state index in [0.29, 0.717) is 0 Å². The first-order valence-electron chi connectivity index (χ1n) is 10.4. The van der Waals surface area contributed by atoms with Crippen LogP contribution < -0.4 is 4.72 Å². The van der Waals surface area contributed by atoms with Crippen molar-refractivity contribution in [1.82, 2.24) is 4.72 Å². The van der Waals surface area contributed by atoms with Crippen molar-refractivity contribution in [1.29, 1.82) is 0 Å². The molecule has 3 aliphatic rings. The maximum absolute atomic E-state index is 11.1. The average molecular weight is 525 g/mol. The highest BCUT2D eigenvalue weighted by atomic mass is 32.2. The minimum absolute atomic E-state index is 0.0648. The molecule has 9 N–H and O–H groups in total. The number of ether oxygens (including phenoxy) is 3. The van der Waals surface area contributed by atoms with E-state index in [-0.39, 0.29) is 10.5 Å². The van der Waals surface area contributed by atoms with Crippen LogP contribution in [0.4, 0.5) is 0 Å². The van der Waals surface area contributed by atoms with E-state index < -0.39 is 90.6 Å². The number of aliphatic hydroxyl groups is 8. The number of carbonyl (C=O) groups is 1. The molecule has 2 saturated heterocycles. The summed E-state index contributed by atoms with van der Waals surface area (Å²) < 4.78 is 39.4. The van der Waals surface area contributed by atoms with Gasteiger partial charge in [0.2, 0.25) is 0 Å². The molecule has 4 rings (SSSR count). The lowest BCUT2D eigenvalue weighted by atomic mass is 9.97. The Morgan fingerprint density at radius 3 is 2.06 bits per heavy atom. The minimum Gasteiger partial charge on any atom is -0.394 e. The van der Waals surface area contributed by atoms with Gasteiger partial charge in [0.15, 0.2) is 12.6 Å². The number of sulfonamides is 1. The van der Waals surface area contributed by atoms with Gasteiger partial charge >= 0.3 is 0 Å². The molecule has 0 aromatic heterocycles. The van der Waals surface area contributed by atoms with Crippen LogP contribution in [0.2, 0.25) is 0 Å². The fourth-order valence-electron chi connectivity index (χ4n) is 3.69. The van der Waals surface area contributed by atoms with Gasteiger partial charge in [-0.2, -0.15) is 0 Å². The fourth-order valence-corrected chi connectivity index (χ4v) is 4.86.